The Morgan fingerprint density at radius 1 is 1.69 bits per heavy atom. The van der Waals surface area contributed by atoms with Gasteiger partial charge in [0.1, 0.15) is 6.20 Å². The van der Waals surface area contributed by atoms with Crippen molar-refractivity contribution in [3.63, 3.8) is 0 Å². The molecule has 1 aromatic rings. The molecular formula is C9H10N2O4S. The van der Waals surface area contributed by atoms with Crippen molar-refractivity contribution in [1.29, 1.82) is 0 Å². The van der Waals surface area contributed by atoms with Crippen LogP contribution in [-0.4, -0.2) is 28.7 Å². The van der Waals surface area contributed by atoms with Gasteiger partial charge in [-0.1, -0.05) is 0 Å². The van der Waals surface area contributed by atoms with Crippen molar-refractivity contribution in [2.75, 3.05) is 12.9 Å². The van der Waals surface area contributed by atoms with Crippen molar-refractivity contribution in [2.45, 2.75) is 11.3 Å². The fourth-order valence-electron chi connectivity index (χ4n) is 0.979. The van der Waals surface area contributed by atoms with Crippen LogP contribution < -0.4 is 0 Å². The first-order valence-electron chi connectivity index (χ1n) is 4.43. The number of pyridine rings is 1. The van der Waals surface area contributed by atoms with Gasteiger partial charge in [-0.2, -0.15) is 0 Å². The Morgan fingerprint density at radius 3 is 3.06 bits per heavy atom. The van der Waals surface area contributed by atoms with Crippen LogP contribution in [0, 0.1) is 10.1 Å². The lowest BCUT2D eigenvalue weighted by molar-refractivity contribution is -0.388. The van der Waals surface area contributed by atoms with E-state index in [2.05, 4.69) is 9.72 Å². The van der Waals surface area contributed by atoms with Crippen LogP contribution in [0.3, 0.4) is 0 Å². The molecular weight excluding hydrogens is 232 g/mol. The average Bonchev–Trinajstić information content (AvgIpc) is 2.29. The minimum absolute atomic E-state index is 0.0441. The molecule has 86 valence electrons. The summed E-state index contributed by atoms with van der Waals surface area (Å²) in [6, 6.07) is 1.56. The van der Waals surface area contributed by atoms with Gasteiger partial charge in [0.2, 0.25) is 0 Å². The highest BCUT2D eigenvalue weighted by Gasteiger charge is 2.13. The number of carbonyl (C=O) groups is 1. The van der Waals surface area contributed by atoms with E-state index in [1.807, 2.05) is 0 Å². The molecule has 0 amide bonds. The normalized spacial score (nSPS) is 9.81. The van der Waals surface area contributed by atoms with Crippen molar-refractivity contribution in [2.24, 2.45) is 0 Å². The summed E-state index contributed by atoms with van der Waals surface area (Å²) in [6.45, 7) is 0. The van der Waals surface area contributed by atoms with Crippen LogP contribution in [-0.2, 0) is 9.53 Å². The highest BCUT2D eigenvalue weighted by molar-refractivity contribution is 7.99. The number of esters is 1. The highest BCUT2D eigenvalue weighted by atomic mass is 32.2. The van der Waals surface area contributed by atoms with Crippen LogP contribution in [0.1, 0.15) is 6.42 Å². The smallest absolute Gasteiger partial charge is 0.306 e. The molecule has 0 atom stereocenters. The SMILES string of the molecule is COC(=O)CCSc1ccncc1[N+](=O)[O-]. The number of aromatic nitrogens is 1. The molecule has 0 aromatic carbocycles. The number of rotatable bonds is 5. The molecule has 1 rings (SSSR count). The molecule has 0 aliphatic rings. The number of methoxy groups -OCH3 is 1. The van der Waals surface area contributed by atoms with Crippen molar-refractivity contribution in [3.05, 3.63) is 28.6 Å². The molecule has 0 fully saturated rings. The number of hydrogen-bond acceptors (Lipinski definition) is 6. The minimum atomic E-state index is -0.493. The summed E-state index contributed by atoms with van der Waals surface area (Å²) in [5.74, 6) is 0.113. The first-order valence-corrected chi connectivity index (χ1v) is 5.41. The van der Waals surface area contributed by atoms with E-state index in [4.69, 9.17) is 0 Å². The Kier molecular flexibility index (Phi) is 4.71. The molecule has 0 aliphatic carbocycles. The molecule has 1 aromatic heterocycles. The topological polar surface area (TPSA) is 82.3 Å². The van der Waals surface area contributed by atoms with Gasteiger partial charge in [-0.25, -0.2) is 0 Å². The van der Waals surface area contributed by atoms with E-state index in [0.29, 0.717) is 10.6 Å². The minimum Gasteiger partial charge on any atom is -0.469 e. The van der Waals surface area contributed by atoms with E-state index in [1.165, 1.54) is 31.3 Å². The van der Waals surface area contributed by atoms with Gasteiger partial charge in [-0.05, 0) is 6.07 Å². The second-order valence-electron chi connectivity index (χ2n) is 2.78. The van der Waals surface area contributed by atoms with Gasteiger partial charge in [-0.3, -0.25) is 19.9 Å². The van der Waals surface area contributed by atoms with Crippen molar-refractivity contribution in [3.8, 4) is 0 Å². The van der Waals surface area contributed by atoms with E-state index in [1.54, 1.807) is 6.07 Å². The zero-order valence-corrected chi connectivity index (χ0v) is 9.40. The number of carbonyl (C=O) groups excluding carboxylic acids is 1. The van der Waals surface area contributed by atoms with Crippen LogP contribution in [0.25, 0.3) is 0 Å². The lowest BCUT2D eigenvalue weighted by atomic mass is 10.4. The summed E-state index contributed by atoms with van der Waals surface area (Å²) in [6.07, 6.45) is 2.90. The van der Waals surface area contributed by atoms with Crippen molar-refractivity contribution in [1.82, 2.24) is 4.98 Å². The van der Waals surface area contributed by atoms with E-state index in [0.717, 1.165) is 0 Å². The third kappa shape index (κ3) is 3.50. The molecule has 0 saturated heterocycles. The Morgan fingerprint density at radius 2 is 2.44 bits per heavy atom. The number of nitrogens with zero attached hydrogens (tertiary/aromatic N) is 2. The molecule has 16 heavy (non-hydrogen) atoms. The van der Waals surface area contributed by atoms with Crippen LogP contribution >= 0.6 is 11.8 Å². The third-order valence-corrected chi connectivity index (χ3v) is 2.81. The van der Waals surface area contributed by atoms with Crippen LogP contribution in [0.15, 0.2) is 23.4 Å². The standard InChI is InChI=1S/C9H10N2O4S/c1-15-9(12)3-5-16-8-2-4-10-6-7(8)11(13)14/h2,4,6H,3,5H2,1H3. The molecule has 0 N–H and O–H groups in total. The first-order chi connectivity index (χ1) is 7.65. The summed E-state index contributed by atoms with van der Waals surface area (Å²) < 4.78 is 4.47. The van der Waals surface area contributed by atoms with E-state index in [9.17, 15) is 14.9 Å². The molecule has 7 heteroatoms. The maximum atomic E-state index is 10.8. The predicted molar refractivity (Wildman–Crippen MR) is 58.2 cm³/mol. The Balaban J connectivity index is 2.60. The highest BCUT2D eigenvalue weighted by Crippen LogP contribution is 2.27. The summed E-state index contributed by atoms with van der Waals surface area (Å²) in [5.41, 5.74) is -0.0441. The maximum Gasteiger partial charge on any atom is 0.306 e. The van der Waals surface area contributed by atoms with Gasteiger partial charge in [0.25, 0.3) is 0 Å². The number of hydrogen-bond donors (Lipinski definition) is 0. The number of ether oxygens (including phenoxy) is 1. The first kappa shape index (κ1) is 12.4. The zero-order valence-electron chi connectivity index (χ0n) is 8.58. The van der Waals surface area contributed by atoms with Gasteiger partial charge in [0, 0.05) is 11.9 Å². The second-order valence-corrected chi connectivity index (χ2v) is 3.91. The molecule has 0 saturated carbocycles. The number of thioether (sulfide) groups is 1. The second kappa shape index (κ2) is 6.06. The van der Waals surface area contributed by atoms with E-state index >= 15 is 0 Å². The molecule has 6 nitrogen and oxygen atoms in total. The maximum absolute atomic E-state index is 10.8. The van der Waals surface area contributed by atoms with Crippen LogP contribution in [0.5, 0.6) is 0 Å². The summed E-state index contributed by atoms with van der Waals surface area (Å²) in [7, 11) is 1.31. The van der Waals surface area contributed by atoms with Crippen molar-refractivity contribution >= 4 is 23.4 Å². The Hall–Kier alpha value is -1.63. The average molecular weight is 242 g/mol. The lowest BCUT2D eigenvalue weighted by Gasteiger charge is -2.01. The molecule has 0 radical (unpaired) electrons. The van der Waals surface area contributed by atoms with Gasteiger partial charge in [0.05, 0.1) is 23.3 Å². The molecule has 1 heterocycles. The fourth-order valence-corrected chi connectivity index (χ4v) is 1.90. The molecule has 0 unspecified atom stereocenters. The quantitative estimate of drug-likeness (QED) is 0.338. The van der Waals surface area contributed by atoms with Gasteiger partial charge >= 0.3 is 11.7 Å². The molecule has 0 bridgehead atoms. The van der Waals surface area contributed by atoms with Gasteiger partial charge in [0.15, 0.2) is 0 Å². The van der Waals surface area contributed by atoms with Crippen LogP contribution in [0.4, 0.5) is 5.69 Å². The molecule has 0 aliphatic heterocycles. The molecule has 0 spiro atoms. The third-order valence-electron chi connectivity index (χ3n) is 1.75. The number of nitro groups is 1. The zero-order chi connectivity index (χ0) is 12.0. The Bertz CT molecular complexity index is 397. The summed E-state index contributed by atoms with van der Waals surface area (Å²) in [5, 5.41) is 10.6. The lowest BCUT2D eigenvalue weighted by Crippen LogP contribution is -2.01. The van der Waals surface area contributed by atoms with Crippen LogP contribution in [0.2, 0.25) is 0 Å². The van der Waals surface area contributed by atoms with E-state index in [-0.39, 0.29) is 18.1 Å². The van der Waals surface area contributed by atoms with Crippen molar-refractivity contribution < 1.29 is 14.5 Å². The van der Waals surface area contributed by atoms with Gasteiger partial charge in [-0.15, -0.1) is 11.8 Å². The Labute approximate surface area is 96.2 Å². The largest absolute Gasteiger partial charge is 0.469 e. The summed E-state index contributed by atoms with van der Waals surface area (Å²) in [4.78, 5) is 25.2. The van der Waals surface area contributed by atoms with E-state index < -0.39 is 4.92 Å². The fraction of sp³-hybridized carbons (Fsp3) is 0.333. The summed E-state index contributed by atoms with van der Waals surface area (Å²) >= 11 is 1.24. The van der Waals surface area contributed by atoms with Gasteiger partial charge < -0.3 is 4.74 Å². The monoisotopic (exact) mass is 242 g/mol. The predicted octanol–water partition coefficient (Wildman–Crippen LogP) is 1.64.